The molecule has 0 bridgehead atoms. The maximum absolute atomic E-state index is 12.0. The molecule has 7 heteroatoms. The molecule has 2 rings (SSSR count). The van der Waals surface area contributed by atoms with Gasteiger partial charge < -0.3 is 21.1 Å². The number of benzene rings is 1. The van der Waals surface area contributed by atoms with Gasteiger partial charge >= 0.3 is 12.0 Å². The lowest BCUT2D eigenvalue weighted by molar-refractivity contribution is -0.143. The summed E-state index contributed by atoms with van der Waals surface area (Å²) in [4.78, 5) is 35.4. The molecule has 0 saturated carbocycles. The number of nitrogens with two attached hydrogens (primary N) is 1. The normalized spacial score (nSPS) is 15.5. The first-order chi connectivity index (χ1) is 9.97. The Bertz CT molecular complexity index is 548. The van der Waals surface area contributed by atoms with Gasteiger partial charge in [-0.05, 0) is 37.1 Å². The van der Waals surface area contributed by atoms with Gasteiger partial charge in [0.05, 0.1) is 5.92 Å². The second-order valence-corrected chi connectivity index (χ2v) is 4.97. The summed E-state index contributed by atoms with van der Waals surface area (Å²) in [6, 6.07) is 6.00. The molecule has 1 saturated heterocycles. The van der Waals surface area contributed by atoms with E-state index < -0.39 is 11.9 Å². The van der Waals surface area contributed by atoms with Gasteiger partial charge in [0.25, 0.3) is 0 Å². The van der Waals surface area contributed by atoms with Crippen molar-refractivity contribution in [3.8, 4) is 0 Å². The number of carboxylic acids is 1. The van der Waals surface area contributed by atoms with E-state index in [1.807, 2.05) is 0 Å². The molecule has 1 aliphatic rings. The van der Waals surface area contributed by atoms with Crippen molar-refractivity contribution in [1.82, 2.24) is 4.90 Å². The predicted molar refractivity (Wildman–Crippen MR) is 75.9 cm³/mol. The average molecular weight is 291 g/mol. The van der Waals surface area contributed by atoms with E-state index in [4.69, 9.17) is 10.8 Å². The molecule has 21 heavy (non-hydrogen) atoms. The van der Waals surface area contributed by atoms with E-state index in [9.17, 15) is 14.4 Å². The van der Waals surface area contributed by atoms with Gasteiger partial charge in [-0.25, -0.2) is 4.79 Å². The largest absolute Gasteiger partial charge is 0.481 e. The number of aliphatic carboxylic acids is 1. The number of hydrogen-bond acceptors (Lipinski definition) is 3. The molecule has 112 valence electrons. The fourth-order valence-electron chi connectivity index (χ4n) is 2.25. The Hall–Kier alpha value is -2.57. The standard InChI is InChI=1S/C14H17N3O4/c15-12(18)9-1-3-11(4-2-9)16-14(21)17-7-5-10(6-8-17)13(19)20/h1-4,10H,5-8H2,(H2,15,18)(H,16,21)(H,19,20). The zero-order chi connectivity index (χ0) is 15.4. The van der Waals surface area contributed by atoms with Crippen molar-refractivity contribution in [3.05, 3.63) is 29.8 Å². The first-order valence-corrected chi connectivity index (χ1v) is 6.66. The molecule has 7 nitrogen and oxygen atoms in total. The van der Waals surface area contributed by atoms with Gasteiger partial charge in [0, 0.05) is 24.3 Å². The monoisotopic (exact) mass is 291 g/mol. The first kappa shape index (κ1) is 14.8. The molecule has 0 aliphatic carbocycles. The number of hydrogen-bond donors (Lipinski definition) is 3. The SMILES string of the molecule is NC(=O)c1ccc(NC(=O)N2CCC(C(=O)O)CC2)cc1. The smallest absolute Gasteiger partial charge is 0.321 e. The average Bonchev–Trinajstić information content (AvgIpc) is 2.47. The third kappa shape index (κ3) is 3.71. The van der Waals surface area contributed by atoms with Crippen molar-refractivity contribution in [2.45, 2.75) is 12.8 Å². The highest BCUT2D eigenvalue weighted by atomic mass is 16.4. The van der Waals surface area contributed by atoms with Gasteiger partial charge in [0.1, 0.15) is 0 Å². The van der Waals surface area contributed by atoms with Crippen LogP contribution < -0.4 is 11.1 Å². The van der Waals surface area contributed by atoms with E-state index in [-0.39, 0.29) is 11.9 Å². The number of carboxylic acid groups (broad SMARTS) is 1. The number of nitrogens with one attached hydrogen (secondary N) is 1. The van der Waals surface area contributed by atoms with Crippen molar-refractivity contribution in [2.75, 3.05) is 18.4 Å². The van der Waals surface area contributed by atoms with E-state index in [0.717, 1.165) is 0 Å². The maximum atomic E-state index is 12.0. The molecule has 3 amide bonds. The molecule has 1 aromatic rings. The molecule has 0 radical (unpaired) electrons. The fraction of sp³-hybridized carbons (Fsp3) is 0.357. The molecule has 4 N–H and O–H groups in total. The van der Waals surface area contributed by atoms with Crippen LogP contribution in [-0.2, 0) is 4.79 Å². The summed E-state index contributed by atoms with van der Waals surface area (Å²) in [5.74, 6) is -1.70. The molecule has 0 unspecified atom stereocenters. The van der Waals surface area contributed by atoms with Crippen LogP contribution in [-0.4, -0.2) is 41.0 Å². The number of rotatable bonds is 3. The number of anilines is 1. The second kappa shape index (κ2) is 6.25. The van der Waals surface area contributed by atoms with Gasteiger partial charge in [-0.1, -0.05) is 0 Å². The Labute approximate surface area is 121 Å². The zero-order valence-electron chi connectivity index (χ0n) is 11.4. The van der Waals surface area contributed by atoms with E-state index in [0.29, 0.717) is 37.2 Å². The summed E-state index contributed by atoms with van der Waals surface area (Å²) < 4.78 is 0. The Balaban J connectivity index is 1.90. The fourth-order valence-corrected chi connectivity index (χ4v) is 2.25. The van der Waals surface area contributed by atoms with Gasteiger partial charge in [0.2, 0.25) is 5.91 Å². The van der Waals surface area contributed by atoms with Gasteiger partial charge in [0.15, 0.2) is 0 Å². The molecule has 0 spiro atoms. The maximum Gasteiger partial charge on any atom is 0.321 e. The highest BCUT2D eigenvalue weighted by Gasteiger charge is 2.26. The van der Waals surface area contributed by atoms with E-state index in [2.05, 4.69) is 5.32 Å². The van der Waals surface area contributed by atoms with E-state index >= 15 is 0 Å². The lowest BCUT2D eigenvalue weighted by Gasteiger charge is -2.30. The Kier molecular flexibility index (Phi) is 4.42. The summed E-state index contributed by atoms with van der Waals surface area (Å²) in [5.41, 5.74) is 6.07. The van der Waals surface area contributed by atoms with Crippen LogP contribution in [0, 0.1) is 5.92 Å². The third-order valence-electron chi connectivity index (χ3n) is 3.55. The minimum absolute atomic E-state index is 0.273. The molecular weight excluding hydrogens is 274 g/mol. The van der Waals surface area contributed by atoms with E-state index in [1.54, 1.807) is 17.0 Å². The van der Waals surface area contributed by atoms with Crippen LogP contribution in [0.3, 0.4) is 0 Å². The highest BCUT2D eigenvalue weighted by Crippen LogP contribution is 2.18. The van der Waals surface area contributed by atoms with Crippen molar-refractivity contribution in [1.29, 1.82) is 0 Å². The van der Waals surface area contributed by atoms with Crippen LogP contribution in [0.15, 0.2) is 24.3 Å². The van der Waals surface area contributed by atoms with Crippen LogP contribution in [0.5, 0.6) is 0 Å². The lowest BCUT2D eigenvalue weighted by Crippen LogP contribution is -2.42. The van der Waals surface area contributed by atoms with Gasteiger partial charge in [-0.3, -0.25) is 9.59 Å². The molecule has 1 aromatic carbocycles. The van der Waals surface area contributed by atoms with Crippen molar-refractivity contribution >= 4 is 23.6 Å². The number of piperidine rings is 1. The number of urea groups is 1. The molecule has 0 atom stereocenters. The van der Waals surface area contributed by atoms with Crippen LogP contribution in [0.2, 0.25) is 0 Å². The number of amides is 3. The first-order valence-electron chi connectivity index (χ1n) is 6.66. The number of carbonyl (C=O) groups excluding carboxylic acids is 2. The lowest BCUT2D eigenvalue weighted by atomic mass is 9.97. The number of likely N-dealkylation sites (tertiary alicyclic amines) is 1. The minimum atomic E-state index is -0.808. The predicted octanol–water partition coefficient (Wildman–Crippen LogP) is 1.11. The minimum Gasteiger partial charge on any atom is -0.481 e. The van der Waals surface area contributed by atoms with Gasteiger partial charge in [-0.15, -0.1) is 0 Å². The molecule has 1 fully saturated rings. The van der Waals surface area contributed by atoms with Crippen molar-refractivity contribution in [2.24, 2.45) is 11.7 Å². The highest BCUT2D eigenvalue weighted by molar-refractivity contribution is 5.94. The van der Waals surface area contributed by atoms with Crippen molar-refractivity contribution < 1.29 is 19.5 Å². The zero-order valence-corrected chi connectivity index (χ0v) is 11.4. The molecule has 0 aromatic heterocycles. The second-order valence-electron chi connectivity index (χ2n) is 4.97. The Morgan fingerprint density at radius 1 is 1.14 bits per heavy atom. The molecule has 1 aliphatic heterocycles. The summed E-state index contributed by atoms with van der Waals surface area (Å²) in [6.07, 6.45) is 0.923. The summed E-state index contributed by atoms with van der Waals surface area (Å²) in [7, 11) is 0. The van der Waals surface area contributed by atoms with Crippen LogP contribution in [0.4, 0.5) is 10.5 Å². The number of nitrogens with zero attached hydrogens (tertiary/aromatic N) is 1. The summed E-state index contributed by atoms with van der Waals surface area (Å²) in [6.45, 7) is 0.838. The van der Waals surface area contributed by atoms with E-state index in [1.165, 1.54) is 12.1 Å². The van der Waals surface area contributed by atoms with Gasteiger partial charge in [-0.2, -0.15) is 0 Å². The molecule has 1 heterocycles. The Morgan fingerprint density at radius 2 is 1.71 bits per heavy atom. The number of primary amides is 1. The number of carbonyl (C=O) groups is 3. The van der Waals surface area contributed by atoms with Crippen molar-refractivity contribution in [3.63, 3.8) is 0 Å². The summed E-state index contributed by atoms with van der Waals surface area (Å²) >= 11 is 0. The quantitative estimate of drug-likeness (QED) is 0.774. The van der Waals surface area contributed by atoms with Crippen LogP contribution >= 0.6 is 0 Å². The van der Waals surface area contributed by atoms with Crippen LogP contribution in [0.1, 0.15) is 23.2 Å². The summed E-state index contributed by atoms with van der Waals surface area (Å²) in [5, 5.41) is 11.6. The topological polar surface area (TPSA) is 113 Å². The molecular formula is C14H17N3O4. The Morgan fingerprint density at radius 3 is 2.19 bits per heavy atom. The third-order valence-corrected chi connectivity index (χ3v) is 3.55. The van der Waals surface area contributed by atoms with Crippen LogP contribution in [0.25, 0.3) is 0 Å².